The molecule has 2 aromatic rings. The van der Waals surface area contributed by atoms with Gasteiger partial charge in [-0.25, -0.2) is 8.78 Å². The fourth-order valence-electron chi connectivity index (χ4n) is 2.77. The van der Waals surface area contributed by atoms with E-state index in [2.05, 4.69) is 0 Å². The molecule has 1 aliphatic rings. The van der Waals surface area contributed by atoms with Gasteiger partial charge in [0, 0.05) is 19.0 Å². The standard InChI is InChI=1S/C18H19F2NO2/c1-22-14-7-8-15(19)17(11-14)21-10-9-18(16(20)12-21)23-13-5-3-2-4-6-13/h2-8,11,16,18H,9-10,12H2,1H3. The highest BCUT2D eigenvalue weighted by Crippen LogP contribution is 2.29. The van der Waals surface area contributed by atoms with E-state index in [1.165, 1.54) is 13.2 Å². The van der Waals surface area contributed by atoms with Crippen molar-refractivity contribution in [3.8, 4) is 11.5 Å². The van der Waals surface area contributed by atoms with E-state index in [9.17, 15) is 8.78 Å². The molecule has 2 unspecified atom stereocenters. The summed E-state index contributed by atoms with van der Waals surface area (Å²) in [6.07, 6.45) is -1.20. The van der Waals surface area contributed by atoms with Crippen LogP contribution in [0.25, 0.3) is 0 Å². The number of piperidine rings is 1. The molecule has 0 bridgehead atoms. The maximum atomic E-state index is 14.5. The van der Waals surface area contributed by atoms with E-state index in [1.807, 2.05) is 18.2 Å². The number of nitrogens with zero attached hydrogens (tertiary/aromatic N) is 1. The van der Waals surface area contributed by atoms with Gasteiger partial charge in [0.25, 0.3) is 0 Å². The van der Waals surface area contributed by atoms with Gasteiger partial charge < -0.3 is 14.4 Å². The molecule has 2 aromatic carbocycles. The van der Waals surface area contributed by atoms with Gasteiger partial charge in [0.05, 0.1) is 19.3 Å². The topological polar surface area (TPSA) is 21.7 Å². The lowest BCUT2D eigenvalue weighted by atomic mass is 10.0. The van der Waals surface area contributed by atoms with Gasteiger partial charge in [-0.05, 0) is 24.3 Å². The zero-order valence-electron chi connectivity index (χ0n) is 12.9. The number of benzene rings is 2. The molecule has 1 aliphatic heterocycles. The molecule has 0 aliphatic carbocycles. The predicted molar refractivity (Wildman–Crippen MR) is 85.5 cm³/mol. The van der Waals surface area contributed by atoms with Crippen LogP contribution in [0.3, 0.4) is 0 Å². The number of halogens is 2. The number of para-hydroxylation sites is 1. The molecule has 3 nitrogen and oxygen atoms in total. The number of hydrogen-bond acceptors (Lipinski definition) is 3. The van der Waals surface area contributed by atoms with E-state index >= 15 is 0 Å². The number of ether oxygens (including phenoxy) is 2. The molecule has 0 N–H and O–H groups in total. The first-order valence-electron chi connectivity index (χ1n) is 7.61. The van der Waals surface area contributed by atoms with Crippen molar-refractivity contribution in [2.75, 3.05) is 25.1 Å². The van der Waals surface area contributed by atoms with Gasteiger partial charge in [-0.15, -0.1) is 0 Å². The molecule has 1 fully saturated rings. The van der Waals surface area contributed by atoms with Gasteiger partial charge in [-0.2, -0.15) is 0 Å². The Morgan fingerprint density at radius 1 is 1.09 bits per heavy atom. The second-order valence-corrected chi connectivity index (χ2v) is 5.54. The normalized spacial score (nSPS) is 21.1. The van der Waals surface area contributed by atoms with Crippen LogP contribution in [0.15, 0.2) is 48.5 Å². The van der Waals surface area contributed by atoms with Gasteiger partial charge in [0.2, 0.25) is 0 Å². The summed E-state index contributed by atoms with van der Waals surface area (Å²) in [5.74, 6) is 0.834. The summed E-state index contributed by atoms with van der Waals surface area (Å²) >= 11 is 0. The average Bonchev–Trinajstić information content (AvgIpc) is 2.58. The van der Waals surface area contributed by atoms with Gasteiger partial charge in [0.1, 0.15) is 23.4 Å². The molecule has 0 aromatic heterocycles. The molecule has 5 heteroatoms. The third kappa shape index (κ3) is 3.55. The largest absolute Gasteiger partial charge is 0.497 e. The van der Waals surface area contributed by atoms with Crippen LogP contribution in [0.4, 0.5) is 14.5 Å². The van der Waals surface area contributed by atoms with Crippen molar-refractivity contribution in [1.29, 1.82) is 0 Å². The lowest BCUT2D eigenvalue weighted by molar-refractivity contribution is 0.0819. The highest BCUT2D eigenvalue weighted by atomic mass is 19.1. The molecule has 1 heterocycles. The fraction of sp³-hybridized carbons (Fsp3) is 0.333. The summed E-state index contributed by atoms with van der Waals surface area (Å²) in [5, 5.41) is 0. The second-order valence-electron chi connectivity index (χ2n) is 5.54. The first-order chi connectivity index (χ1) is 11.2. The number of methoxy groups -OCH3 is 1. The third-order valence-corrected chi connectivity index (χ3v) is 4.01. The number of rotatable bonds is 4. The fourth-order valence-corrected chi connectivity index (χ4v) is 2.77. The summed E-state index contributed by atoms with van der Waals surface area (Å²) in [5.41, 5.74) is 0.366. The Balaban J connectivity index is 1.69. The molecule has 3 rings (SSSR count). The van der Waals surface area contributed by atoms with Crippen molar-refractivity contribution < 1.29 is 18.3 Å². The second kappa shape index (κ2) is 6.86. The van der Waals surface area contributed by atoms with Crippen molar-refractivity contribution in [3.05, 3.63) is 54.3 Å². The zero-order valence-corrected chi connectivity index (χ0v) is 12.9. The molecule has 0 saturated carbocycles. The van der Waals surface area contributed by atoms with Gasteiger partial charge in [-0.3, -0.25) is 0 Å². The maximum Gasteiger partial charge on any atom is 0.154 e. The van der Waals surface area contributed by atoms with Gasteiger partial charge in [-0.1, -0.05) is 18.2 Å². The quantitative estimate of drug-likeness (QED) is 0.855. The molecule has 2 atom stereocenters. The van der Waals surface area contributed by atoms with Crippen LogP contribution in [0, 0.1) is 5.82 Å². The minimum Gasteiger partial charge on any atom is -0.497 e. The van der Waals surface area contributed by atoms with Gasteiger partial charge >= 0.3 is 0 Å². The molecule has 23 heavy (non-hydrogen) atoms. The number of anilines is 1. The van der Waals surface area contributed by atoms with Crippen molar-refractivity contribution in [2.45, 2.75) is 18.7 Å². The number of alkyl halides is 1. The molecule has 0 amide bonds. The van der Waals surface area contributed by atoms with E-state index in [0.29, 0.717) is 30.2 Å². The van der Waals surface area contributed by atoms with Crippen LogP contribution in [-0.2, 0) is 0 Å². The predicted octanol–water partition coefficient (Wildman–Crippen LogP) is 3.83. The zero-order chi connectivity index (χ0) is 16.2. The Labute approximate surface area is 134 Å². The first-order valence-corrected chi connectivity index (χ1v) is 7.61. The minimum atomic E-state index is -1.19. The van der Waals surface area contributed by atoms with Crippen molar-refractivity contribution in [3.63, 3.8) is 0 Å². The Bertz CT molecular complexity index is 651. The monoisotopic (exact) mass is 319 g/mol. The molecular weight excluding hydrogens is 300 g/mol. The van der Waals surface area contributed by atoms with Crippen molar-refractivity contribution in [1.82, 2.24) is 0 Å². The Kier molecular flexibility index (Phi) is 4.65. The number of hydrogen-bond donors (Lipinski definition) is 0. The summed E-state index contributed by atoms with van der Waals surface area (Å²) in [4.78, 5) is 1.70. The van der Waals surface area contributed by atoms with Crippen LogP contribution in [0.5, 0.6) is 11.5 Å². The van der Waals surface area contributed by atoms with Crippen LogP contribution >= 0.6 is 0 Å². The van der Waals surface area contributed by atoms with E-state index in [1.54, 1.807) is 29.2 Å². The first kappa shape index (κ1) is 15.6. The van der Waals surface area contributed by atoms with E-state index in [4.69, 9.17) is 9.47 Å². The van der Waals surface area contributed by atoms with Crippen molar-refractivity contribution >= 4 is 5.69 Å². The van der Waals surface area contributed by atoms with Crippen LogP contribution < -0.4 is 14.4 Å². The maximum absolute atomic E-state index is 14.5. The minimum absolute atomic E-state index is 0.0988. The summed E-state index contributed by atoms with van der Waals surface area (Å²) in [7, 11) is 1.52. The SMILES string of the molecule is COc1ccc(F)c(N2CCC(Oc3ccccc3)C(F)C2)c1. The Morgan fingerprint density at radius 2 is 1.87 bits per heavy atom. The lowest BCUT2D eigenvalue weighted by Gasteiger charge is -2.36. The Hall–Kier alpha value is -2.30. The summed E-state index contributed by atoms with van der Waals surface area (Å²) in [6.45, 7) is 0.629. The van der Waals surface area contributed by atoms with E-state index in [-0.39, 0.29) is 12.4 Å². The van der Waals surface area contributed by atoms with Crippen LogP contribution in [0.1, 0.15) is 6.42 Å². The smallest absolute Gasteiger partial charge is 0.154 e. The van der Waals surface area contributed by atoms with Crippen LogP contribution in [-0.4, -0.2) is 32.5 Å². The van der Waals surface area contributed by atoms with Crippen LogP contribution in [0.2, 0.25) is 0 Å². The van der Waals surface area contributed by atoms with Gasteiger partial charge in [0.15, 0.2) is 6.17 Å². The molecular formula is C18H19F2NO2. The Morgan fingerprint density at radius 3 is 2.57 bits per heavy atom. The highest BCUT2D eigenvalue weighted by molar-refractivity contribution is 5.52. The third-order valence-electron chi connectivity index (χ3n) is 4.01. The molecule has 1 saturated heterocycles. The lowest BCUT2D eigenvalue weighted by Crippen LogP contribution is -2.47. The van der Waals surface area contributed by atoms with E-state index < -0.39 is 12.3 Å². The highest BCUT2D eigenvalue weighted by Gasteiger charge is 2.32. The summed E-state index contributed by atoms with van der Waals surface area (Å²) in [6, 6.07) is 13.7. The van der Waals surface area contributed by atoms with Crippen molar-refractivity contribution in [2.24, 2.45) is 0 Å². The van der Waals surface area contributed by atoms with E-state index in [0.717, 1.165) is 0 Å². The molecule has 122 valence electrons. The summed E-state index contributed by atoms with van der Waals surface area (Å²) < 4.78 is 39.3. The average molecular weight is 319 g/mol. The molecule has 0 spiro atoms. The molecule has 0 radical (unpaired) electrons.